The summed E-state index contributed by atoms with van der Waals surface area (Å²) < 4.78 is 0. The van der Waals surface area contributed by atoms with Gasteiger partial charge in [0, 0.05) is 11.7 Å². The number of carbonyl (C=O) groups excluding carboxylic acids is 1. The smallest absolute Gasteiger partial charge is 0.230 e. The first-order chi connectivity index (χ1) is 9.77. The zero-order valence-corrected chi connectivity index (χ0v) is 14.4. The predicted molar refractivity (Wildman–Crippen MR) is 86.3 cm³/mol. The van der Waals surface area contributed by atoms with Crippen molar-refractivity contribution in [3.8, 4) is 6.07 Å². The highest BCUT2D eigenvalue weighted by Crippen LogP contribution is 2.26. The van der Waals surface area contributed by atoms with Crippen molar-refractivity contribution in [2.75, 3.05) is 5.75 Å². The van der Waals surface area contributed by atoms with Crippen molar-refractivity contribution in [3.05, 3.63) is 22.4 Å². The topological polar surface area (TPSA) is 65.8 Å². The first kappa shape index (κ1) is 17.5. The van der Waals surface area contributed by atoms with Gasteiger partial charge in [0.05, 0.1) is 11.3 Å². The van der Waals surface area contributed by atoms with Crippen LogP contribution < -0.4 is 5.32 Å². The first-order valence-corrected chi connectivity index (χ1v) is 8.06. The van der Waals surface area contributed by atoms with Gasteiger partial charge in [0.1, 0.15) is 11.1 Å². The Morgan fingerprint density at radius 1 is 1.29 bits per heavy atom. The van der Waals surface area contributed by atoms with Crippen LogP contribution in [0.25, 0.3) is 0 Å². The number of hydrogen-bond donors (Lipinski definition) is 1. The molecule has 0 aromatic carbocycles. The zero-order chi connectivity index (χ0) is 16.2. The molecule has 0 radical (unpaired) electrons. The Kier molecular flexibility index (Phi) is 6.22. The van der Waals surface area contributed by atoms with E-state index in [1.165, 1.54) is 11.8 Å². The second-order valence-corrected chi connectivity index (χ2v) is 6.59. The van der Waals surface area contributed by atoms with Crippen molar-refractivity contribution in [1.82, 2.24) is 10.3 Å². The number of aromatic nitrogens is 1. The number of nitriles is 1. The van der Waals surface area contributed by atoms with Gasteiger partial charge in [0.2, 0.25) is 5.91 Å². The first-order valence-electron chi connectivity index (χ1n) is 7.08. The lowest BCUT2D eigenvalue weighted by molar-refractivity contribution is -0.119. The van der Waals surface area contributed by atoms with Crippen LogP contribution in [0.15, 0.2) is 5.03 Å². The van der Waals surface area contributed by atoms with E-state index in [9.17, 15) is 10.1 Å². The molecule has 1 N–H and O–H groups in total. The summed E-state index contributed by atoms with van der Waals surface area (Å²) in [6, 6.07) is 2.34. The largest absolute Gasteiger partial charge is 0.353 e. The normalized spacial score (nSPS) is 12.1. The molecule has 0 fully saturated rings. The van der Waals surface area contributed by atoms with Gasteiger partial charge >= 0.3 is 0 Å². The fourth-order valence-electron chi connectivity index (χ4n) is 1.74. The minimum Gasteiger partial charge on any atom is -0.353 e. The predicted octanol–water partition coefficient (Wildman–Crippen LogP) is 3.13. The van der Waals surface area contributed by atoms with E-state index in [0.717, 1.165) is 16.8 Å². The number of amides is 1. The molecule has 1 aromatic rings. The minimum absolute atomic E-state index is 0.0252. The number of pyridine rings is 1. The maximum atomic E-state index is 11.9. The summed E-state index contributed by atoms with van der Waals surface area (Å²) in [5, 5.41) is 12.9. The van der Waals surface area contributed by atoms with Gasteiger partial charge in [-0.05, 0) is 44.7 Å². The number of nitrogens with zero attached hydrogens (tertiary/aromatic N) is 2. The number of rotatable bonds is 5. The van der Waals surface area contributed by atoms with E-state index in [4.69, 9.17) is 0 Å². The molecule has 21 heavy (non-hydrogen) atoms. The third kappa shape index (κ3) is 4.47. The Hall–Kier alpha value is -1.54. The Balaban J connectivity index is 2.81. The maximum absolute atomic E-state index is 11.9. The summed E-state index contributed by atoms with van der Waals surface area (Å²) >= 11 is 1.32. The van der Waals surface area contributed by atoms with Crippen molar-refractivity contribution < 1.29 is 4.79 Å². The molecule has 5 heteroatoms. The molecule has 0 bridgehead atoms. The third-order valence-corrected chi connectivity index (χ3v) is 4.78. The van der Waals surface area contributed by atoms with Crippen LogP contribution in [0.3, 0.4) is 0 Å². The summed E-state index contributed by atoms with van der Waals surface area (Å²) in [4.78, 5) is 16.4. The van der Waals surface area contributed by atoms with Crippen molar-refractivity contribution in [1.29, 1.82) is 5.26 Å². The molecule has 1 heterocycles. The lowest BCUT2D eigenvalue weighted by Gasteiger charge is -2.17. The fraction of sp³-hybridized carbons (Fsp3) is 0.562. The highest BCUT2D eigenvalue weighted by molar-refractivity contribution is 8.00. The Labute approximate surface area is 131 Å². The van der Waals surface area contributed by atoms with Gasteiger partial charge < -0.3 is 5.32 Å². The molecule has 0 aliphatic heterocycles. The van der Waals surface area contributed by atoms with Crippen LogP contribution in [0.2, 0.25) is 0 Å². The lowest BCUT2D eigenvalue weighted by Crippen LogP contribution is -2.37. The molecule has 1 aromatic heterocycles. The van der Waals surface area contributed by atoms with E-state index in [1.54, 1.807) is 0 Å². The van der Waals surface area contributed by atoms with Crippen LogP contribution in [-0.4, -0.2) is 22.7 Å². The molecule has 1 unspecified atom stereocenters. The Morgan fingerprint density at radius 2 is 1.90 bits per heavy atom. The van der Waals surface area contributed by atoms with Crippen molar-refractivity contribution >= 4 is 17.7 Å². The molecule has 0 aliphatic carbocycles. The third-order valence-electron chi connectivity index (χ3n) is 3.80. The van der Waals surface area contributed by atoms with Crippen LogP contribution in [0.1, 0.15) is 43.2 Å². The van der Waals surface area contributed by atoms with E-state index >= 15 is 0 Å². The highest BCUT2D eigenvalue weighted by atomic mass is 32.2. The molecule has 1 amide bonds. The number of hydrogen-bond acceptors (Lipinski definition) is 4. The van der Waals surface area contributed by atoms with Gasteiger partial charge in [0.25, 0.3) is 0 Å². The van der Waals surface area contributed by atoms with Gasteiger partial charge in [0.15, 0.2) is 0 Å². The van der Waals surface area contributed by atoms with E-state index in [-0.39, 0.29) is 17.7 Å². The molecule has 1 rings (SSSR count). The van der Waals surface area contributed by atoms with Gasteiger partial charge in [-0.2, -0.15) is 5.26 Å². The zero-order valence-electron chi connectivity index (χ0n) is 13.6. The van der Waals surface area contributed by atoms with Gasteiger partial charge in [-0.25, -0.2) is 4.98 Å². The summed E-state index contributed by atoms with van der Waals surface area (Å²) in [6.45, 7) is 11.9. The van der Waals surface area contributed by atoms with E-state index < -0.39 is 0 Å². The minimum atomic E-state index is -0.0252. The molecule has 114 valence electrons. The second kappa shape index (κ2) is 7.46. The van der Waals surface area contributed by atoms with Crippen LogP contribution in [0.5, 0.6) is 0 Å². The molecule has 4 nitrogen and oxygen atoms in total. The molecule has 0 spiro atoms. The summed E-state index contributed by atoms with van der Waals surface area (Å²) in [7, 11) is 0. The van der Waals surface area contributed by atoms with Crippen LogP contribution in [-0.2, 0) is 4.79 Å². The number of carbonyl (C=O) groups is 1. The molecular weight excluding hydrogens is 282 g/mol. The SMILES string of the molecule is Cc1nc(SCC(=O)NC(C)C(C)C)c(C#N)c(C)c1C. The Morgan fingerprint density at radius 3 is 2.43 bits per heavy atom. The molecular formula is C16H23N3OS. The monoisotopic (exact) mass is 305 g/mol. The summed E-state index contributed by atoms with van der Waals surface area (Å²) in [6.07, 6.45) is 0. The highest BCUT2D eigenvalue weighted by Gasteiger charge is 2.15. The van der Waals surface area contributed by atoms with E-state index in [2.05, 4.69) is 30.2 Å². The van der Waals surface area contributed by atoms with Gasteiger partial charge in [-0.15, -0.1) is 0 Å². The van der Waals surface area contributed by atoms with E-state index in [1.807, 2.05) is 27.7 Å². The molecule has 0 saturated heterocycles. The number of nitrogens with one attached hydrogen (secondary N) is 1. The average Bonchev–Trinajstić information content (AvgIpc) is 2.42. The summed E-state index contributed by atoms with van der Waals surface area (Å²) in [5.74, 6) is 0.652. The molecule has 0 aliphatic rings. The summed E-state index contributed by atoms with van der Waals surface area (Å²) in [5.41, 5.74) is 3.47. The average molecular weight is 305 g/mol. The van der Waals surface area contributed by atoms with Crippen molar-refractivity contribution in [2.24, 2.45) is 5.92 Å². The lowest BCUT2D eigenvalue weighted by atomic mass is 10.1. The van der Waals surface area contributed by atoms with E-state index in [0.29, 0.717) is 16.5 Å². The number of aryl methyl sites for hydroxylation is 1. The maximum Gasteiger partial charge on any atom is 0.230 e. The standard InChI is InChI=1S/C16H23N3OS/c1-9(2)12(5)18-15(20)8-21-16-14(7-17)11(4)10(3)13(6)19-16/h9,12H,8H2,1-6H3,(H,18,20). The van der Waals surface area contributed by atoms with Crippen LogP contribution >= 0.6 is 11.8 Å². The quantitative estimate of drug-likeness (QED) is 0.849. The molecule has 0 saturated carbocycles. The van der Waals surface area contributed by atoms with Crippen molar-refractivity contribution in [2.45, 2.75) is 52.6 Å². The fourth-order valence-corrected chi connectivity index (χ4v) is 2.64. The number of thioether (sulfide) groups is 1. The second-order valence-electron chi connectivity index (χ2n) is 5.63. The van der Waals surface area contributed by atoms with Crippen molar-refractivity contribution in [3.63, 3.8) is 0 Å². The van der Waals surface area contributed by atoms with Gasteiger partial charge in [-0.3, -0.25) is 4.79 Å². The van der Waals surface area contributed by atoms with Crippen LogP contribution in [0.4, 0.5) is 0 Å². The Bertz CT molecular complexity index is 576. The molecule has 1 atom stereocenters. The van der Waals surface area contributed by atoms with Crippen LogP contribution in [0, 0.1) is 38.0 Å². The van der Waals surface area contributed by atoms with Gasteiger partial charge in [-0.1, -0.05) is 25.6 Å².